The highest BCUT2D eigenvalue weighted by Gasteiger charge is 2.17. The minimum absolute atomic E-state index is 0.0676. The summed E-state index contributed by atoms with van der Waals surface area (Å²) in [5.41, 5.74) is 3.33. The van der Waals surface area contributed by atoms with Crippen molar-refractivity contribution in [3.63, 3.8) is 0 Å². The Hall–Kier alpha value is -1.31. The molecule has 13 heavy (non-hydrogen) atoms. The van der Waals surface area contributed by atoms with Crippen LogP contribution in [0.15, 0.2) is 18.2 Å². The molecule has 2 nitrogen and oxygen atoms in total. The Kier molecular flexibility index (Phi) is 2.05. The van der Waals surface area contributed by atoms with E-state index in [9.17, 15) is 4.79 Å². The quantitative estimate of drug-likeness (QED) is 0.730. The van der Waals surface area contributed by atoms with Crippen LogP contribution in [0.25, 0.3) is 0 Å². The van der Waals surface area contributed by atoms with Crippen LogP contribution < -0.4 is 5.32 Å². The van der Waals surface area contributed by atoms with E-state index in [0.717, 1.165) is 24.0 Å². The molecule has 1 aromatic carbocycles. The lowest BCUT2D eigenvalue weighted by atomic mass is 10.0. The number of rotatable bonds is 2. The topological polar surface area (TPSA) is 29.1 Å². The molecule has 0 fully saturated rings. The van der Waals surface area contributed by atoms with E-state index in [4.69, 9.17) is 0 Å². The number of amides is 1. The van der Waals surface area contributed by atoms with Gasteiger partial charge in [0.15, 0.2) is 0 Å². The lowest BCUT2D eigenvalue weighted by molar-refractivity contribution is 0.0966. The van der Waals surface area contributed by atoms with Crippen LogP contribution in [0.3, 0.4) is 0 Å². The highest BCUT2D eigenvalue weighted by atomic mass is 16.1. The van der Waals surface area contributed by atoms with Crippen molar-refractivity contribution in [2.45, 2.75) is 26.3 Å². The zero-order valence-corrected chi connectivity index (χ0v) is 7.76. The SMILES string of the molecule is CCCc1ccc2c(c1)CNC2=O. The summed E-state index contributed by atoms with van der Waals surface area (Å²) in [6.07, 6.45) is 2.25. The molecule has 1 amide bonds. The number of hydrogen-bond acceptors (Lipinski definition) is 1. The highest BCUT2D eigenvalue weighted by molar-refractivity contribution is 5.98. The molecule has 0 saturated heterocycles. The van der Waals surface area contributed by atoms with Gasteiger partial charge in [0, 0.05) is 12.1 Å². The number of fused-ring (bicyclic) bond motifs is 1. The second-order valence-corrected chi connectivity index (χ2v) is 3.42. The molecular weight excluding hydrogens is 162 g/mol. The Morgan fingerprint density at radius 3 is 3.08 bits per heavy atom. The number of benzene rings is 1. The van der Waals surface area contributed by atoms with Gasteiger partial charge in [0.2, 0.25) is 0 Å². The summed E-state index contributed by atoms with van der Waals surface area (Å²) in [6, 6.07) is 6.12. The molecule has 0 aliphatic carbocycles. The molecule has 1 N–H and O–H groups in total. The van der Waals surface area contributed by atoms with Crippen molar-refractivity contribution in [2.75, 3.05) is 0 Å². The van der Waals surface area contributed by atoms with E-state index in [2.05, 4.69) is 18.3 Å². The minimum atomic E-state index is 0.0676. The van der Waals surface area contributed by atoms with E-state index in [-0.39, 0.29) is 5.91 Å². The van der Waals surface area contributed by atoms with Gasteiger partial charge in [-0.2, -0.15) is 0 Å². The monoisotopic (exact) mass is 175 g/mol. The summed E-state index contributed by atoms with van der Waals surface area (Å²) in [5, 5.41) is 2.82. The summed E-state index contributed by atoms with van der Waals surface area (Å²) in [6.45, 7) is 2.86. The zero-order valence-electron chi connectivity index (χ0n) is 7.76. The molecule has 2 heteroatoms. The van der Waals surface area contributed by atoms with E-state index in [1.54, 1.807) is 0 Å². The maximum atomic E-state index is 11.2. The molecule has 0 aromatic heterocycles. The summed E-state index contributed by atoms with van der Waals surface area (Å²) in [7, 11) is 0. The molecular formula is C11H13NO. The molecule has 1 aliphatic rings. The number of carbonyl (C=O) groups excluding carboxylic acids is 1. The van der Waals surface area contributed by atoms with E-state index in [1.807, 2.05) is 12.1 Å². The first kappa shape index (κ1) is 8.30. The zero-order chi connectivity index (χ0) is 9.26. The molecule has 0 spiro atoms. The van der Waals surface area contributed by atoms with Gasteiger partial charge in [0.25, 0.3) is 5.91 Å². The number of nitrogens with one attached hydrogen (secondary N) is 1. The Bertz CT molecular complexity index is 344. The third kappa shape index (κ3) is 1.44. The number of carbonyl (C=O) groups is 1. The predicted octanol–water partition coefficient (Wildman–Crippen LogP) is 1.88. The van der Waals surface area contributed by atoms with Crippen LogP contribution in [0.4, 0.5) is 0 Å². The Balaban J connectivity index is 2.34. The molecule has 1 heterocycles. The van der Waals surface area contributed by atoms with E-state index < -0.39 is 0 Å². The van der Waals surface area contributed by atoms with Crippen LogP contribution in [-0.4, -0.2) is 5.91 Å². The average molecular weight is 175 g/mol. The summed E-state index contributed by atoms with van der Waals surface area (Å²) in [4.78, 5) is 11.2. The Morgan fingerprint density at radius 1 is 1.46 bits per heavy atom. The first-order chi connectivity index (χ1) is 6.31. The predicted molar refractivity (Wildman–Crippen MR) is 51.6 cm³/mol. The second-order valence-electron chi connectivity index (χ2n) is 3.42. The van der Waals surface area contributed by atoms with Gasteiger partial charge < -0.3 is 5.32 Å². The van der Waals surface area contributed by atoms with Crippen molar-refractivity contribution in [3.05, 3.63) is 34.9 Å². The maximum absolute atomic E-state index is 11.2. The van der Waals surface area contributed by atoms with Crippen molar-refractivity contribution in [3.8, 4) is 0 Å². The third-order valence-corrected chi connectivity index (χ3v) is 2.39. The van der Waals surface area contributed by atoms with Crippen LogP contribution in [0, 0.1) is 0 Å². The largest absolute Gasteiger partial charge is 0.348 e. The highest BCUT2D eigenvalue weighted by Crippen LogP contribution is 2.17. The molecule has 0 saturated carbocycles. The Morgan fingerprint density at radius 2 is 2.31 bits per heavy atom. The lowest BCUT2D eigenvalue weighted by Gasteiger charge is -2.00. The van der Waals surface area contributed by atoms with Gasteiger partial charge in [0.1, 0.15) is 0 Å². The molecule has 0 atom stereocenters. The van der Waals surface area contributed by atoms with Gasteiger partial charge in [0.05, 0.1) is 0 Å². The lowest BCUT2D eigenvalue weighted by Crippen LogP contribution is -2.12. The maximum Gasteiger partial charge on any atom is 0.251 e. The van der Waals surface area contributed by atoms with Gasteiger partial charge in [-0.3, -0.25) is 4.79 Å². The Labute approximate surface area is 78.0 Å². The van der Waals surface area contributed by atoms with Gasteiger partial charge in [-0.15, -0.1) is 0 Å². The van der Waals surface area contributed by atoms with Crippen molar-refractivity contribution in [1.29, 1.82) is 0 Å². The number of aryl methyl sites for hydroxylation is 1. The summed E-state index contributed by atoms with van der Waals surface area (Å²) < 4.78 is 0. The van der Waals surface area contributed by atoms with Crippen molar-refractivity contribution in [1.82, 2.24) is 5.32 Å². The van der Waals surface area contributed by atoms with Crippen LogP contribution in [0.2, 0.25) is 0 Å². The fraction of sp³-hybridized carbons (Fsp3) is 0.364. The molecule has 0 unspecified atom stereocenters. The van der Waals surface area contributed by atoms with Gasteiger partial charge >= 0.3 is 0 Å². The average Bonchev–Trinajstić information content (AvgIpc) is 2.48. The normalized spacial score (nSPS) is 14.1. The molecule has 1 aliphatic heterocycles. The fourth-order valence-corrected chi connectivity index (χ4v) is 1.73. The molecule has 1 aromatic rings. The molecule has 68 valence electrons. The van der Waals surface area contributed by atoms with Crippen molar-refractivity contribution >= 4 is 5.91 Å². The summed E-state index contributed by atoms with van der Waals surface area (Å²) in [5.74, 6) is 0.0676. The molecule has 0 radical (unpaired) electrons. The van der Waals surface area contributed by atoms with Gasteiger partial charge in [-0.1, -0.05) is 25.5 Å². The third-order valence-electron chi connectivity index (χ3n) is 2.39. The first-order valence-electron chi connectivity index (χ1n) is 4.71. The standard InChI is InChI=1S/C11H13NO/c1-2-3-8-4-5-10-9(6-8)7-12-11(10)13/h4-6H,2-3,7H2,1H3,(H,12,13). The molecule has 2 rings (SSSR count). The fourth-order valence-electron chi connectivity index (χ4n) is 1.73. The van der Waals surface area contributed by atoms with E-state index in [1.165, 1.54) is 5.56 Å². The van der Waals surface area contributed by atoms with E-state index in [0.29, 0.717) is 6.54 Å². The minimum Gasteiger partial charge on any atom is -0.348 e. The first-order valence-corrected chi connectivity index (χ1v) is 4.71. The van der Waals surface area contributed by atoms with Crippen molar-refractivity contribution < 1.29 is 4.79 Å². The second kappa shape index (κ2) is 3.21. The van der Waals surface area contributed by atoms with Crippen LogP contribution in [0.5, 0.6) is 0 Å². The van der Waals surface area contributed by atoms with Crippen LogP contribution >= 0.6 is 0 Å². The van der Waals surface area contributed by atoms with Crippen LogP contribution in [-0.2, 0) is 13.0 Å². The smallest absolute Gasteiger partial charge is 0.251 e. The number of hydrogen-bond donors (Lipinski definition) is 1. The van der Waals surface area contributed by atoms with Crippen molar-refractivity contribution in [2.24, 2.45) is 0 Å². The van der Waals surface area contributed by atoms with Crippen LogP contribution in [0.1, 0.15) is 34.8 Å². The molecule has 0 bridgehead atoms. The van der Waals surface area contributed by atoms with Gasteiger partial charge in [-0.25, -0.2) is 0 Å². The summed E-state index contributed by atoms with van der Waals surface area (Å²) >= 11 is 0. The van der Waals surface area contributed by atoms with E-state index >= 15 is 0 Å². The van der Waals surface area contributed by atoms with Gasteiger partial charge in [-0.05, 0) is 23.6 Å².